The molecule has 0 aliphatic heterocycles. The summed E-state index contributed by atoms with van der Waals surface area (Å²) >= 11 is 0. The van der Waals surface area contributed by atoms with Crippen LogP contribution in [0.3, 0.4) is 0 Å². The van der Waals surface area contributed by atoms with E-state index in [2.05, 4.69) is 15.0 Å². The summed E-state index contributed by atoms with van der Waals surface area (Å²) in [6, 6.07) is 4.86. The van der Waals surface area contributed by atoms with Crippen molar-refractivity contribution in [3.05, 3.63) is 42.2 Å². The molecule has 0 saturated heterocycles. The lowest BCUT2D eigenvalue weighted by Gasteiger charge is -2.18. The van der Waals surface area contributed by atoms with Crippen LogP contribution in [0, 0.1) is 0 Å². The van der Waals surface area contributed by atoms with E-state index < -0.39 is 24.2 Å². The third-order valence-electron chi connectivity index (χ3n) is 2.68. The van der Waals surface area contributed by atoms with Crippen molar-refractivity contribution in [3.8, 4) is 5.75 Å². The molecule has 0 fully saturated rings. The Morgan fingerprint density at radius 1 is 1.36 bits per heavy atom. The van der Waals surface area contributed by atoms with Gasteiger partial charge in [-0.15, -0.1) is 0 Å². The third kappa shape index (κ3) is 3.35. The van der Waals surface area contributed by atoms with Crippen molar-refractivity contribution < 1.29 is 27.1 Å². The monoisotopic (exact) mass is 317 g/mol. The fourth-order valence-corrected chi connectivity index (χ4v) is 1.59. The van der Waals surface area contributed by atoms with Gasteiger partial charge in [0.15, 0.2) is 0 Å². The zero-order valence-electron chi connectivity index (χ0n) is 11.3. The molecule has 0 unspecified atom stereocenters. The summed E-state index contributed by atoms with van der Waals surface area (Å²) in [6.07, 6.45) is -5.73. The second-order valence-electron chi connectivity index (χ2n) is 4.28. The number of halogens is 4. The first-order valence-electron chi connectivity index (χ1n) is 6.04. The lowest BCUT2D eigenvalue weighted by Crippen LogP contribution is -2.34. The Morgan fingerprint density at radius 3 is 2.64 bits per heavy atom. The molecule has 0 aliphatic rings. The number of hydrogen-bond donors (Lipinski definition) is 1. The molecule has 0 aliphatic carbocycles. The normalized spacial score (nSPS) is 11.5. The Kier molecular flexibility index (Phi) is 4.34. The molecule has 2 rings (SSSR count). The highest BCUT2D eigenvalue weighted by Crippen LogP contribution is 2.30. The number of para-hydroxylation sites is 1. The summed E-state index contributed by atoms with van der Waals surface area (Å²) < 4.78 is 55.9. The highest BCUT2D eigenvalue weighted by atomic mass is 19.3. The Hall–Kier alpha value is -2.58. The van der Waals surface area contributed by atoms with Gasteiger partial charge in [-0.25, -0.2) is 4.98 Å². The predicted molar refractivity (Wildman–Crippen MR) is 69.2 cm³/mol. The molecule has 1 heterocycles. The fourth-order valence-electron chi connectivity index (χ4n) is 1.59. The van der Waals surface area contributed by atoms with Gasteiger partial charge < -0.3 is 9.30 Å². The maximum atomic E-state index is 13.0. The molecular formula is C13H11F4N3O2. The van der Waals surface area contributed by atoms with Crippen LogP contribution in [0.25, 0.3) is 0 Å². The van der Waals surface area contributed by atoms with Crippen LogP contribution in [-0.4, -0.2) is 28.0 Å². The van der Waals surface area contributed by atoms with Crippen molar-refractivity contribution in [2.45, 2.75) is 12.5 Å². The third-order valence-corrected chi connectivity index (χ3v) is 2.68. The summed E-state index contributed by atoms with van der Waals surface area (Å²) in [7, 11) is 1.61. The molecule has 118 valence electrons. The van der Waals surface area contributed by atoms with Gasteiger partial charge in [0, 0.05) is 19.4 Å². The molecule has 1 N–H and O–H groups in total. The van der Waals surface area contributed by atoms with E-state index in [-0.39, 0.29) is 11.5 Å². The van der Waals surface area contributed by atoms with Crippen molar-refractivity contribution in [1.29, 1.82) is 0 Å². The van der Waals surface area contributed by atoms with Gasteiger partial charge in [0.2, 0.25) is 5.95 Å². The average molecular weight is 317 g/mol. The first-order valence-corrected chi connectivity index (χ1v) is 6.04. The molecule has 0 atom stereocenters. The molecule has 9 heteroatoms. The molecule has 1 aromatic carbocycles. The maximum absolute atomic E-state index is 13.0. The molecule has 0 radical (unpaired) electrons. The van der Waals surface area contributed by atoms with E-state index in [4.69, 9.17) is 0 Å². The summed E-state index contributed by atoms with van der Waals surface area (Å²) in [5.41, 5.74) is -0.314. The lowest BCUT2D eigenvalue weighted by atomic mass is 10.2. The van der Waals surface area contributed by atoms with Gasteiger partial charge >= 0.3 is 12.5 Å². The quantitative estimate of drug-likeness (QED) is 0.863. The van der Waals surface area contributed by atoms with Gasteiger partial charge in [0.1, 0.15) is 5.75 Å². The Balaban J connectivity index is 2.25. The number of aryl methyl sites for hydroxylation is 1. The highest BCUT2D eigenvalue weighted by Gasteiger charge is 2.44. The molecule has 0 saturated carbocycles. The first-order chi connectivity index (χ1) is 10.3. The number of carbonyl (C=O) groups excluding carboxylic acids is 1. The minimum Gasteiger partial charge on any atom is -0.427 e. The molecule has 0 bridgehead atoms. The molecule has 22 heavy (non-hydrogen) atoms. The van der Waals surface area contributed by atoms with Gasteiger partial charge in [-0.2, -0.15) is 17.6 Å². The number of hydrogen-bond acceptors (Lipinski definition) is 3. The van der Waals surface area contributed by atoms with Gasteiger partial charge in [-0.3, -0.25) is 10.1 Å². The molecule has 1 amide bonds. The Labute approximate surface area is 122 Å². The largest absolute Gasteiger partial charge is 0.461 e. The van der Waals surface area contributed by atoms with Crippen LogP contribution < -0.4 is 10.1 Å². The number of carbonyl (C=O) groups is 1. The number of nitrogens with one attached hydrogen (secondary N) is 1. The molecule has 5 nitrogen and oxygen atoms in total. The van der Waals surface area contributed by atoms with E-state index in [1.165, 1.54) is 29.0 Å². The Morgan fingerprint density at radius 2 is 2.05 bits per heavy atom. The molecule has 2 aromatic rings. The van der Waals surface area contributed by atoms with Crippen molar-refractivity contribution in [2.75, 3.05) is 5.32 Å². The van der Waals surface area contributed by atoms with Crippen molar-refractivity contribution >= 4 is 11.9 Å². The van der Waals surface area contributed by atoms with Crippen LogP contribution in [0.2, 0.25) is 0 Å². The van der Waals surface area contributed by atoms with E-state index in [0.717, 1.165) is 6.07 Å². The predicted octanol–water partition coefficient (Wildman–Crippen LogP) is 2.91. The zero-order chi connectivity index (χ0) is 16.3. The van der Waals surface area contributed by atoms with Gasteiger partial charge in [0.05, 0.1) is 5.56 Å². The van der Waals surface area contributed by atoms with Crippen molar-refractivity contribution in [1.82, 2.24) is 9.55 Å². The smallest absolute Gasteiger partial charge is 0.427 e. The van der Waals surface area contributed by atoms with Crippen LogP contribution in [0.5, 0.6) is 5.75 Å². The summed E-state index contributed by atoms with van der Waals surface area (Å²) in [6.45, 7) is 0. The van der Waals surface area contributed by atoms with Crippen LogP contribution in [0.4, 0.5) is 23.5 Å². The number of rotatable bonds is 5. The van der Waals surface area contributed by atoms with E-state index in [0.29, 0.717) is 0 Å². The molecule has 1 aromatic heterocycles. The number of nitrogens with zero attached hydrogens (tertiary/aromatic N) is 2. The number of alkyl halides is 4. The van der Waals surface area contributed by atoms with Gasteiger partial charge in [-0.1, -0.05) is 12.1 Å². The van der Waals surface area contributed by atoms with E-state index in [1.54, 1.807) is 13.2 Å². The first kappa shape index (κ1) is 15.8. The van der Waals surface area contributed by atoms with Gasteiger partial charge in [-0.05, 0) is 12.1 Å². The minimum atomic E-state index is -4.69. The maximum Gasteiger partial charge on any atom is 0.461 e. The van der Waals surface area contributed by atoms with Crippen LogP contribution >= 0.6 is 0 Å². The van der Waals surface area contributed by atoms with E-state index in [9.17, 15) is 22.4 Å². The van der Waals surface area contributed by atoms with E-state index in [1.807, 2.05) is 0 Å². The SMILES string of the molecule is Cn1ccnc1NC(=O)c1ccccc1OC(F)(F)C(F)F. The van der Waals surface area contributed by atoms with Crippen LogP contribution in [0.1, 0.15) is 10.4 Å². The number of amides is 1. The van der Waals surface area contributed by atoms with Crippen LogP contribution in [-0.2, 0) is 7.05 Å². The van der Waals surface area contributed by atoms with Crippen LogP contribution in [0.15, 0.2) is 36.7 Å². The average Bonchev–Trinajstić information content (AvgIpc) is 2.84. The number of ether oxygens (including phenoxy) is 1. The summed E-state index contributed by atoms with van der Waals surface area (Å²) in [5, 5.41) is 2.36. The lowest BCUT2D eigenvalue weighted by molar-refractivity contribution is -0.253. The second-order valence-corrected chi connectivity index (χ2v) is 4.28. The number of imidazole rings is 1. The minimum absolute atomic E-state index is 0.167. The van der Waals surface area contributed by atoms with Crippen molar-refractivity contribution in [2.24, 2.45) is 7.05 Å². The van der Waals surface area contributed by atoms with Gasteiger partial charge in [0.25, 0.3) is 5.91 Å². The Bertz CT molecular complexity index is 673. The van der Waals surface area contributed by atoms with E-state index >= 15 is 0 Å². The molecular weight excluding hydrogens is 306 g/mol. The number of anilines is 1. The summed E-state index contributed by atoms with van der Waals surface area (Å²) in [5.74, 6) is -1.30. The highest BCUT2D eigenvalue weighted by molar-refractivity contribution is 6.05. The second kappa shape index (κ2) is 6.04. The number of benzene rings is 1. The van der Waals surface area contributed by atoms with Crippen molar-refractivity contribution in [3.63, 3.8) is 0 Å². The zero-order valence-corrected chi connectivity index (χ0v) is 11.3. The molecule has 0 spiro atoms. The fraction of sp³-hybridized carbons (Fsp3) is 0.231. The topological polar surface area (TPSA) is 56.2 Å². The standard InChI is InChI=1S/C13H11F4N3O2/c1-20-7-6-18-12(20)19-10(21)8-4-2-3-5-9(8)22-13(16,17)11(14)15/h2-7,11H,1H3,(H,18,19,21). The summed E-state index contributed by atoms with van der Waals surface area (Å²) in [4.78, 5) is 15.9. The number of aromatic nitrogens is 2.